The smallest absolute Gasteiger partial charge is 0.344 e. The standard InChI is InChI=1S/C36H48N4O12/c1-8-20(2)18-21(3)14-15-26(42)50-29-28(43)34(17-16-22(4)27(49-24(6)41)23(5)19-25-12-10-9-11-13-25)51-30(31-37-39-40(7)38-31)35(48,32(44)45)36(29,52-34)33(46)47/h9-15,20-21,23,27-30,43,48H,4,8,16-19H2,1-3,5-7H3,(H,44,45)(H,46,47)/b15-14+/t20-,21+,23+,27+,28+,29+,30+,34-,35+,36-/m0/s1. The summed E-state index contributed by atoms with van der Waals surface area (Å²) in [6.45, 7) is 13.2. The highest BCUT2D eigenvalue weighted by Crippen LogP contribution is 2.59. The minimum atomic E-state index is -3.58. The van der Waals surface area contributed by atoms with Crippen LogP contribution in [0.5, 0.6) is 0 Å². The van der Waals surface area contributed by atoms with Gasteiger partial charge in [-0.3, -0.25) is 4.79 Å². The molecule has 2 bridgehead atoms. The van der Waals surface area contributed by atoms with Crippen molar-refractivity contribution in [3.8, 4) is 0 Å². The van der Waals surface area contributed by atoms with Crippen LogP contribution in [0.25, 0.3) is 0 Å². The van der Waals surface area contributed by atoms with E-state index in [0.29, 0.717) is 17.9 Å². The second-order valence-corrected chi connectivity index (χ2v) is 13.9. The number of esters is 2. The molecule has 0 unspecified atom stereocenters. The number of carboxylic acid groups (broad SMARTS) is 2. The molecule has 2 aliphatic heterocycles. The Bertz CT molecular complexity index is 1660. The zero-order valence-electron chi connectivity index (χ0n) is 30.2. The Morgan fingerprint density at radius 1 is 1.12 bits per heavy atom. The predicted octanol–water partition coefficient (Wildman–Crippen LogP) is 2.70. The average Bonchev–Trinajstić information content (AvgIpc) is 3.61. The number of hydrogen-bond donors (Lipinski definition) is 4. The van der Waals surface area contributed by atoms with Crippen molar-refractivity contribution in [1.82, 2.24) is 20.2 Å². The average molecular weight is 729 g/mol. The summed E-state index contributed by atoms with van der Waals surface area (Å²) in [6, 6.07) is 9.45. The highest BCUT2D eigenvalue weighted by molar-refractivity contribution is 5.94. The van der Waals surface area contributed by atoms with Crippen LogP contribution in [0.3, 0.4) is 0 Å². The monoisotopic (exact) mass is 728 g/mol. The van der Waals surface area contributed by atoms with Crippen molar-refractivity contribution in [2.45, 2.75) is 108 Å². The molecule has 2 fully saturated rings. The minimum Gasteiger partial charge on any atom is -0.479 e. The molecule has 0 aliphatic carbocycles. The van der Waals surface area contributed by atoms with Crippen molar-refractivity contribution in [2.75, 3.05) is 0 Å². The molecule has 0 amide bonds. The van der Waals surface area contributed by atoms with Gasteiger partial charge in [0.05, 0.1) is 7.05 Å². The zero-order chi connectivity index (χ0) is 38.6. The number of tetrazole rings is 1. The number of aliphatic carboxylic acids is 2. The number of aliphatic hydroxyl groups is 2. The minimum absolute atomic E-state index is 0.0851. The molecule has 16 nitrogen and oxygen atoms in total. The molecule has 1 aromatic heterocycles. The van der Waals surface area contributed by atoms with Crippen LogP contribution in [0.4, 0.5) is 0 Å². The van der Waals surface area contributed by atoms with Crippen molar-refractivity contribution in [2.24, 2.45) is 24.8 Å². The van der Waals surface area contributed by atoms with E-state index >= 15 is 0 Å². The third-order valence-corrected chi connectivity index (χ3v) is 9.82. The van der Waals surface area contributed by atoms with Gasteiger partial charge in [-0.05, 0) is 47.4 Å². The number of aryl methyl sites for hydroxylation is 1. The van der Waals surface area contributed by atoms with Gasteiger partial charge < -0.3 is 39.4 Å². The van der Waals surface area contributed by atoms with E-state index in [-0.39, 0.29) is 18.3 Å². The summed E-state index contributed by atoms with van der Waals surface area (Å²) in [5.41, 5.74) is -5.64. The molecule has 3 heterocycles. The van der Waals surface area contributed by atoms with Crippen LogP contribution in [0, 0.1) is 17.8 Å². The van der Waals surface area contributed by atoms with Crippen molar-refractivity contribution in [3.63, 3.8) is 0 Å². The first-order valence-corrected chi connectivity index (χ1v) is 17.2. The van der Waals surface area contributed by atoms with Crippen LogP contribution in [0.2, 0.25) is 0 Å². The van der Waals surface area contributed by atoms with E-state index in [4.69, 9.17) is 18.9 Å². The lowest BCUT2D eigenvalue weighted by molar-refractivity contribution is -0.383. The van der Waals surface area contributed by atoms with Gasteiger partial charge in [-0.15, -0.1) is 10.2 Å². The van der Waals surface area contributed by atoms with Gasteiger partial charge in [0.25, 0.3) is 0 Å². The highest BCUT2D eigenvalue weighted by Gasteiger charge is 2.85. The normalized spacial score (nSPS) is 29.2. The number of fused-ring (bicyclic) bond motifs is 2. The maximum absolute atomic E-state index is 13.3. The number of carbonyl (C=O) groups is 4. The molecule has 10 atom stereocenters. The first-order valence-electron chi connectivity index (χ1n) is 17.2. The molecule has 52 heavy (non-hydrogen) atoms. The van der Waals surface area contributed by atoms with Crippen LogP contribution >= 0.6 is 0 Å². The van der Waals surface area contributed by atoms with Crippen molar-refractivity contribution in [3.05, 3.63) is 66.0 Å². The maximum Gasteiger partial charge on any atom is 0.344 e. The molecule has 4 N–H and O–H groups in total. The molecule has 0 spiro atoms. The first kappa shape index (κ1) is 40.3. The second-order valence-electron chi connectivity index (χ2n) is 13.9. The number of ether oxygens (including phenoxy) is 4. The molecular weight excluding hydrogens is 680 g/mol. The molecule has 0 radical (unpaired) electrons. The van der Waals surface area contributed by atoms with Crippen molar-refractivity contribution < 1.29 is 58.6 Å². The lowest BCUT2D eigenvalue weighted by Crippen LogP contribution is -2.74. The highest BCUT2D eigenvalue weighted by atomic mass is 16.8. The third kappa shape index (κ3) is 7.79. The molecule has 1 aromatic carbocycles. The lowest BCUT2D eigenvalue weighted by atomic mass is 9.74. The van der Waals surface area contributed by atoms with Crippen LogP contribution in [-0.4, -0.2) is 99.8 Å². The Morgan fingerprint density at radius 2 is 1.79 bits per heavy atom. The fourth-order valence-corrected chi connectivity index (χ4v) is 7.00. The molecule has 16 heteroatoms. The third-order valence-electron chi connectivity index (χ3n) is 9.82. The Hall–Kier alpha value is -4.51. The van der Waals surface area contributed by atoms with Crippen LogP contribution < -0.4 is 0 Å². The molecule has 4 rings (SSSR count). The predicted molar refractivity (Wildman–Crippen MR) is 181 cm³/mol. The number of hydrogen-bond acceptors (Lipinski definition) is 13. The summed E-state index contributed by atoms with van der Waals surface area (Å²) >= 11 is 0. The Morgan fingerprint density at radius 3 is 2.35 bits per heavy atom. The summed E-state index contributed by atoms with van der Waals surface area (Å²) in [5.74, 6) is -8.96. The van der Waals surface area contributed by atoms with E-state index in [1.807, 2.05) is 58.0 Å². The Balaban J connectivity index is 1.75. The molecule has 2 aromatic rings. The van der Waals surface area contributed by atoms with Crippen LogP contribution in [0.1, 0.15) is 77.8 Å². The largest absolute Gasteiger partial charge is 0.479 e. The van der Waals surface area contributed by atoms with Gasteiger partial charge in [0.2, 0.25) is 22.8 Å². The van der Waals surface area contributed by atoms with Gasteiger partial charge in [0.1, 0.15) is 12.2 Å². The van der Waals surface area contributed by atoms with Gasteiger partial charge >= 0.3 is 23.9 Å². The van der Waals surface area contributed by atoms with E-state index in [2.05, 4.69) is 22.0 Å². The molecule has 2 saturated heterocycles. The van der Waals surface area contributed by atoms with E-state index in [1.165, 1.54) is 14.0 Å². The van der Waals surface area contributed by atoms with E-state index < -0.39 is 77.5 Å². The van der Waals surface area contributed by atoms with Crippen LogP contribution in [0.15, 0.2) is 54.6 Å². The van der Waals surface area contributed by atoms with E-state index in [1.54, 1.807) is 6.08 Å². The Kier molecular flexibility index (Phi) is 12.4. The van der Waals surface area contributed by atoms with Crippen molar-refractivity contribution in [1.29, 1.82) is 0 Å². The van der Waals surface area contributed by atoms with Gasteiger partial charge in [-0.2, -0.15) is 4.80 Å². The molecular formula is C36H48N4O12. The van der Waals surface area contributed by atoms with Gasteiger partial charge in [0.15, 0.2) is 12.2 Å². The van der Waals surface area contributed by atoms with Gasteiger partial charge in [0, 0.05) is 25.3 Å². The number of aliphatic hydroxyl groups excluding tert-OH is 1. The second kappa shape index (κ2) is 16.0. The number of carbonyl (C=O) groups excluding carboxylic acids is 2. The number of allylic oxidation sites excluding steroid dienone is 1. The van der Waals surface area contributed by atoms with Crippen LogP contribution in [-0.2, 0) is 51.6 Å². The number of benzene rings is 1. The molecule has 2 aliphatic rings. The number of aromatic nitrogens is 4. The topological polar surface area (TPSA) is 230 Å². The van der Waals surface area contributed by atoms with Crippen molar-refractivity contribution >= 4 is 23.9 Å². The fourth-order valence-electron chi connectivity index (χ4n) is 7.00. The summed E-state index contributed by atoms with van der Waals surface area (Å²) in [4.78, 5) is 52.6. The summed E-state index contributed by atoms with van der Waals surface area (Å²) in [7, 11) is 1.34. The molecule has 284 valence electrons. The fraction of sp³-hybridized carbons (Fsp3) is 0.583. The first-order chi connectivity index (χ1) is 24.4. The zero-order valence-corrected chi connectivity index (χ0v) is 30.2. The van der Waals surface area contributed by atoms with Gasteiger partial charge in [-0.25, -0.2) is 14.4 Å². The summed E-state index contributed by atoms with van der Waals surface area (Å²) in [5, 5.41) is 56.5. The maximum atomic E-state index is 13.3. The van der Waals surface area contributed by atoms with E-state index in [0.717, 1.165) is 29.3 Å². The van der Waals surface area contributed by atoms with Gasteiger partial charge in [-0.1, -0.05) is 77.1 Å². The molecule has 0 saturated carbocycles. The summed E-state index contributed by atoms with van der Waals surface area (Å²) in [6.07, 6.45) is -3.41. The Labute approximate surface area is 301 Å². The number of rotatable bonds is 17. The quantitative estimate of drug-likeness (QED) is 0.104. The summed E-state index contributed by atoms with van der Waals surface area (Å²) < 4.78 is 23.2. The SMILES string of the molecule is C=C(CC[C@]12O[C@H](c3nnn(C)n3)[C@@](O)(C(=O)O)[C@](C(=O)O)(O1)[C@H](OC(=O)/C=C/[C@@H](C)C[C@@H](C)CC)[C@H]2O)[C@@H](OC(C)=O)[C@H](C)Cc1ccccc1. The van der Waals surface area contributed by atoms with E-state index in [9.17, 15) is 39.6 Å². The number of carboxylic acids is 2. The lowest BCUT2D eigenvalue weighted by Gasteiger charge is -2.49. The number of nitrogens with zero attached hydrogens (tertiary/aromatic N) is 4.